The van der Waals surface area contributed by atoms with Crippen LogP contribution in [-0.4, -0.2) is 26.6 Å². The molecule has 0 aliphatic rings. The van der Waals surface area contributed by atoms with Gasteiger partial charge in [-0.1, -0.05) is 0 Å². The molecule has 0 radical (unpaired) electrons. The van der Waals surface area contributed by atoms with Crippen LogP contribution in [0.25, 0.3) is 11.5 Å². The zero-order valence-electron chi connectivity index (χ0n) is 15.8. The van der Waals surface area contributed by atoms with Gasteiger partial charge in [0.15, 0.2) is 6.10 Å². The van der Waals surface area contributed by atoms with Gasteiger partial charge in [-0.25, -0.2) is 0 Å². The van der Waals surface area contributed by atoms with Crippen LogP contribution in [0.3, 0.4) is 0 Å². The first-order valence-electron chi connectivity index (χ1n) is 8.80. The average Bonchev–Trinajstić information content (AvgIpc) is 3.21. The SMILES string of the molecule is CCOc1ccc(OC(C)c2nnc(-c3c(C)nn(CC)c3C)o2)cc1. The van der Waals surface area contributed by atoms with Gasteiger partial charge in [-0.2, -0.15) is 5.10 Å². The molecule has 7 heteroatoms. The normalized spacial score (nSPS) is 12.2. The van der Waals surface area contributed by atoms with Crippen molar-refractivity contribution in [1.82, 2.24) is 20.0 Å². The number of rotatable bonds is 7. The molecule has 26 heavy (non-hydrogen) atoms. The van der Waals surface area contributed by atoms with Gasteiger partial charge < -0.3 is 13.9 Å². The topological polar surface area (TPSA) is 75.2 Å². The van der Waals surface area contributed by atoms with Gasteiger partial charge in [0.2, 0.25) is 0 Å². The van der Waals surface area contributed by atoms with E-state index < -0.39 is 0 Å². The maximum atomic E-state index is 5.90. The van der Waals surface area contributed by atoms with Gasteiger partial charge in [-0.15, -0.1) is 10.2 Å². The molecule has 3 rings (SSSR count). The van der Waals surface area contributed by atoms with Gasteiger partial charge in [0.05, 0.1) is 17.9 Å². The highest BCUT2D eigenvalue weighted by Crippen LogP contribution is 2.29. The molecule has 1 unspecified atom stereocenters. The largest absolute Gasteiger partial charge is 0.494 e. The Bertz CT molecular complexity index is 868. The molecule has 0 amide bonds. The molecule has 0 aliphatic heterocycles. The van der Waals surface area contributed by atoms with Crippen LogP contribution in [0.1, 0.15) is 44.2 Å². The first-order valence-corrected chi connectivity index (χ1v) is 8.80. The Labute approximate surface area is 153 Å². The molecular formula is C19H24N4O3. The van der Waals surface area contributed by atoms with Crippen molar-refractivity contribution in [3.8, 4) is 23.0 Å². The number of aromatic nitrogens is 4. The molecule has 138 valence electrons. The maximum absolute atomic E-state index is 5.90. The highest BCUT2D eigenvalue weighted by Gasteiger charge is 2.21. The van der Waals surface area contributed by atoms with Gasteiger partial charge in [0.25, 0.3) is 11.8 Å². The molecule has 2 aromatic heterocycles. The molecule has 0 saturated carbocycles. The highest BCUT2D eigenvalue weighted by molar-refractivity contribution is 5.59. The summed E-state index contributed by atoms with van der Waals surface area (Å²) in [6.07, 6.45) is -0.365. The third-order valence-electron chi connectivity index (χ3n) is 4.13. The minimum atomic E-state index is -0.365. The molecule has 0 saturated heterocycles. The number of ether oxygens (including phenoxy) is 2. The Balaban J connectivity index is 1.76. The van der Waals surface area contributed by atoms with Crippen molar-refractivity contribution in [1.29, 1.82) is 0 Å². The van der Waals surface area contributed by atoms with Crippen LogP contribution in [-0.2, 0) is 6.54 Å². The molecule has 2 heterocycles. The van der Waals surface area contributed by atoms with Crippen molar-refractivity contribution in [2.24, 2.45) is 0 Å². The molecular weight excluding hydrogens is 332 g/mol. The quantitative estimate of drug-likeness (QED) is 0.634. The second-order valence-electron chi connectivity index (χ2n) is 5.97. The summed E-state index contributed by atoms with van der Waals surface area (Å²) in [5, 5.41) is 12.8. The molecule has 0 fully saturated rings. The molecule has 1 atom stereocenters. The minimum absolute atomic E-state index is 0.365. The Morgan fingerprint density at radius 1 is 1.08 bits per heavy atom. The fourth-order valence-electron chi connectivity index (χ4n) is 2.85. The lowest BCUT2D eigenvalue weighted by atomic mass is 10.2. The van der Waals surface area contributed by atoms with Crippen molar-refractivity contribution in [3.63, 3.8) is 0 Å². The summed E-state index contributed by atoms with van der Waals surface area (Å²) < 4.78 is 19.1. The minimum Gasteiger partial charge on any atom is -0.494 e. The Kier molecular flexibility index (Phi) is 5.25. The van der Waals surface area contributed by atoms with Crippen LogP contribution >= 0.6 is 0 Å². The summed E-state index contributed by atoms with van der Waals surface area (Å²) in [6.45, 7) is 11.3. The molecule has 7 nitrogen and oxygen atoms in total. The van der Waals surface area contributed by atoms with Crippen LogP contribution in [0, 0.1) is 13.8 Å². The fraction of sp³-hybridized carbons (Fsp3) is 0.421. The van der Waals surface area contributed by atoms with E-state index in [1.165, 1.54) is 0 Å². The lowest BCUT2D eigenvalue weighted by molar-refractivity contribution is 0.189. The van der Waals surface area contributed by atoms with Crippen LogP contribution in [0.4, 0.5) is 0 Å². The first-order chi connectivity index (χ1) is 12.5. The van der Waals surface area contributed by atoms with Crippen LogP contribution < -0.4 is 9.47 Å². The molecule has 0 spiro atoms. The summed E-state index contributed by atoms with van der Waals surface area (Å²) >= 11 is 0. The summed E-state index contributed by atoms with van der Waals surface area (Å²) in [7, 11) is 0. The molecule has 0 aliphatic carbocycles. The predicted molar refractivity (Wildman–Crippen MR) is 97.3 cm³/mol. The van der Waals surface area contributed by atoms with E-state index in [1.807, 2.05) is 56.6 Å². The number of hydrogen-bond donors (Lipinski definition) is 0. The summed E-state index contributed by atoms with van der Waals surface area (Å²) in [5.41, 5.74) is 2.78. The highest BCUT2D eigenvalue weighted by atomic mass is 16.5. The number of hydrogen-bond acceptors (Lipinski definition) is 6. The van der Waals surface area contributed by atoms with E-state index in [4.69, 9.17) is 13.9 Å². The zero-order valence-corrected chi connectivity index (χ0v) is 15.8. The number of benzene rings is 1. The molecule has 3 aromatic rings. The Morgan fingerprint density at radius 3 is 2.38 bits per heavy atom. The van der Waals surface area contributed by atoms with Gasteiger partial charge in [-0.05, 0) is 58.9 Å². The standard InChI is InChI=1S/C19H24N4O3/c1-6-23-13(4)17(12(3)22-23)19-21-20-18(26-19)14(5)25-16-10-8-15(9-11-16)24-7-2/h8-11,14H,6-7H2,1-5H3. The van der Waals surface area contributed by atoms with Crippen LogP contribution in [0.15, 0.2) is 28.7 Å². The monoisotopic (exact) mass is 356 g/mol. The van der Waals surface area contributed by atoms with Crippen LogP contribution in [0.2, 0.25) is 0 Å². The third kappa shape index (κ3) is 3.56. The fourth-order valence-corrected chi connectivity index (χ4v) is 2.85. The van der Waals surface area contributed by atoms with Crippen molar-refractivity contribution in [3.05, 3.63) is 41.5 Å². The Hall–Kier alpha value is -2.83. The van der Waals surface area contributed by atoms with E-state index in [2.05, 4.69) is 22.2 Å². The van der Waals surface area contributed by atoms with E-state index in [0.717, 1.165) is 29.2 Å². The van der Waals surface area contributed by atoms with E-state index in [1.54, 1.807) is 0 Å². The number of nitrogens with zero attached hydrogens (tertiary/aromatic N) is 4. The van der Waals surface area contributed by atoms with Crippen molar-refractivity contribution < 1.29 is 13.9 Å². The van der Waals surface area contributed by atoms with Crippen molar-refractivity contribution in [2.75, 3.05) is 6.61 Å². The maximum Gasteiger partial charge on any atom is 0.257 e. The van der Waals surface area contributed by atoms with Gasteiger partial charge >= 0.3 is 0 Å². The smallest absolute Gasteiger partial charge is 0.257 e. The second-order valence-corrected chi connectivity index (χ2v) is 5.97. The summed E-state index contributed by atoms with van der Waals surface area (Å²) in [5.74, 6) is 2.42. The van der Waals surface area contributed by atoms with Crippen molar-refractivity contribution >= 4 is 0 Å². The van der Waals surface area contributed by atoms with Crippen molar-refractivity contribution in [2.45, 2.75) is 47.3 Å². The van der Waals surface area contributed by atoms with Gasteiger partial charge in [0, 0.05) is 12.2 Å². The Morgan fingerprint density at radius 2 is 1.77 bits per heavy atom. The van der Waals surface area contributed by atoms with E-state index in [0.29, 0.717) is 24.1 Å². The third-order valence-corrected chi connectivity index (χ3v) is 4.13. The summed E-state index contributed by atoms with van der Waals surface area (Å²) in [6, 6.07) is 7.46. The van der Waals surface area contributed by atoms with Gasteiger partial charge in [0.1, 0.15) is 11.5 Å². The predicted octanol–water partition coefficient (Wildman–Crippen LogP) is 4.11. The lowest BCUT2D eigenvalue weighted by Gasteiger charge is -2.11. The lowest BCUT2D eigenvalue weighted by Crippen LogP contribution is -2.03. The van der Waals surface area contributed by atoms with E-state index >= 15 is 0 Å². The summed E-state index contributed by atoms with van der Waals surface area (Å²) in [4.78, 5) is 0. The first kappa shape index (κ1) is 18.0. The zero-order chi connectivity index (χ0) is 18.7. The molecule has 0 N–H and O–H groups in total. The van der Waals surface area contributed by atoms with E-state index in [9.17, 15) is 0 Å². The van der Waals surface area contributed by atoms with Crippen LogP contribution in [0.5, 0.6) is 11.5 Å². The van der Waals surface area contributed by atoms with E-state index in [-0.39, 0.29) is 6.10 Å². The number of aryl methyl sites for hydroxylation is 2. The second kappa shape index (κ2) is 7.59. The molecule has 1 aromatic carbocycles. The average molecular weight is 356 g/mol. The van der Waals surface area contributed by atoms with Gasteiger partial charge in [-0.3, -0.25) is 4.68 Å². The molecule has 0 bridgehead atoms.